The second kappa shape index (κ2) is 8.45. The Labute approximate surface area is 189 Å². The van der Waals surface area contributed by atoms with E-state index in [9.17, 15) is 0 Å². The predicted octanol–water partition coefficient (Wildman–Crippen LogP) is 4.85. The fraction of sp³-hybridized carbons (Fsp3) is 0.480. The van der Waals surface area contributed by atoms with Crippen molar-refractivity contribution in [1.82, 2.24) is 14.5 Å². The van der Waals surface area contributed by atoms with E-state index in [4.69, 9.17) is 21.3 Å². The first kappa shape index (κ1) is 20.8. The number of hydrogen-bond acceptors (Lipinski definition) is 4. The molecule has 5 rings (SSSR count). The number of nitrogens with zero attached hydrogens (tertiary/aromatic N) is 4. The zero-order chi connectivity index (χ0) is 21.5. The van der Waals surface area contributed by atoms with Crippen LogP contribution in [0.5, 0.6) is 0 Å². The lowest BCUT2D eigenvalue weighted by Crippen LogP contribution is -2.44. The summed E-state index contributed by atoms with van der Waals surface area (Å²) in [6, 6.07) is 10.5. The van der Waals surface area contributed by atoms with Crippen LogP contribution in [0, 0.1) is 6.92 Å². The third kappa shape index (κ3) is 3.73. The number of pyridine rings is 1. The van der Waals surface area contributed by atoms with Crippen LogP contribution in [0.15, 0.2) is 30.3 Å². The van der Waals surface area contributed by atoms with E-state index in [1.807, 2.05) is 12.1 Å². The van der Waals surface area contributed by atoms with Gasteiger partial charge in [0.05, 0.1) is 22.4 Å². The molecule has 5 nitrogen and oxygen atoms in total. The zero-order valence-corrected chi connectivity index (χ0v) is 19.5. The van der Waals surface area contributed by atoms with Gasteiger partial charge in [0.1, 0.15) is 0 Å². The molecule has 164 valence electrons. The van der Waals surface area contributed by atoms with Gasteiger partial charge in [0.25, 0.3) is 0 Å². The van der Waals surface area contributed by atoms with Crippen LogP contribution in [0.1, 0.15) is 30.0 Å². The summed E-state index contributed by atoms with van der Waals surface area (Å²) < 4.78 is 8.04. The van der Waals surface area contributed by atoms with Crippen molar-refractivity contribution in [2.75, 3.05) is 51.3 Å². The van der Waals surface area contributed by atoms with Crippen molar-refractivity contribution in [3.05, 3.63) is 46.6 Å². The van der Waals surface area contributed by atoms with Crippen LogP contribution in [-0.4, -0.2) is 60.9 Å². The first-order valence-electron chi connectivity index (χ1n) is 11.3. The Hall–Kier alpha value is -2.08. The molecule has 2 fully saturated rings. The van der Waals surface area contributed by atoms with Crippen molar-refractivity contribution < 1.29 is 4.74 Å². The number of halogens is 1. The van der Waals surface area contributed by atoms with Crippen LogP contribution >= 0.6 is 11.6 Å². The summed E-state index contributed by atoms with van der Waals surface area (Å²) in [6.07, 6.45) is 2.05. The highest BCUT2D eigenvalue weighted by Gasteiger charge is 2.30. The van der Waals surface area contributed by atoms with Crippen LogP contribution in [0.25, 0.3) is 22.3 Å². The van der Waals surface area contributed by atoms with Crippen molar-refractivity contribution >= 4 is 28.3 Å². The van der Waals surface area contributed by atoms with E-state index in [1.165, 1.54) is 22.5 Å². The molecule has 0 amide bonds. The van der Waals surface area contributed by atoms with E-state index in [-0.39, 0.29) is 0 Å². The summed E-state index contributed by atoms with van der Waals surface area (Å²) in [7, 11) is 4.38. The van der Waals surface area contributed by atoms with Gasteiger partial charge in [-0.2, -0.15) is 0 Å². The summed E-state index contributed by atoms with van der Waals surface area (Å²) in [5.74, 6) is 0.429. The lowest BCUT2D eigenvalue weighted by Gasteiger charge is -2.34. The Morgan fingerprint density at radius 2 is 1.74 bits per heavy atom. The zero-order valence-electron chi connectivity index (χ0n) is 18.7. The monoisotopic (exact) mass is 438 g/mol. The van der Waals surface area contributed by atoms with Gasteiger partial charge >= 0.3 is 0 Å². The Morgan fingerprint density at radius 1 is 1.03 bits per heavy atom. The number of rotatable bonds is 3. The van der Waals surface area contributed by atoms with Gasteiger partial charge in [-0.15, -0.1) is 0 Å². The number of hydrogen-bond donors (Lipinski definition) is 0. The number of benzene rings is 1. The summed E-state index contributed by atoms with van der Waals surface area (Å²) in [4.78, 5) is 10.0. The molecule has 6 heteroatoms. The van der Waals surface area contributed by atoms with Crippen molar-refractivity contribution in [1.29, 1.82) is 0 Å². The van der Waals surface area contributed by atoms with E-state index in [2.05, 4.69) is 53.6 Å². The smallest absolute Gasteiger partial charge is 0.0946 e. The molecule has 0 radical (unpaired) electrons. The number of likely N-dealkylation sites (N-methyl/N-ethyl adjacent to an activating group) is 1. The molecule has 1 aromatic carbocycles. The van der Waals surface area contributed by atoms with E-state index >= 15 is 0 Å². The molecule has 0 atom stereocenters. The largest absolute Gasteiger partial charge is 0.381 e. The van der Waals surface area contributed by atoms with Crippen LogP contribution in [0.3, 0.4) is 0 Å². The highest BCUT2D eigenvalue weighted by molar-refractivity contribution is 6.33. The molecule has 4 heterocycles. The quantitative estimate of drug-likeness (QED) is 0.585. The van der Waals surface area contributed by atoms with Crippen LogP contribution in [0.2, 0.25) is 5.02 Å². The molecule has 0 N–H and O–H groups in total. The van der Waals surface area contributed by atoms with Crippen molar-refractivity contribution in [3.8, 4) is 11.3 Å². The molecule has 0 aliphatic carbocycles. The topological polar surface area (TPSA) is 33.5 Å². The maximum atomic E-state index is 6.73. The van der Waals surface area contributed by atoms with Gasteiger partial charge in [-0.05, 0) is 44.9 Å². The summed E-state index contributed by atoms with van der Waals surface area (Å²) in [6.45, 7) is 7.96. The van der Waals surface area contributed by atoms with Gasteiger partial charge in [0, 0.05) is 68.3 Å². The molecule has 2 saturated heterocycles. The van der Waals surface area contributed by atoms with Gasteiger partial charge < -0.3 is 19.1 Å². The summed E-state index contributed by atoms with van der Waals surface area (Å²) in [5, 5.41) is 0.791. The Bertz CT molecular complexity index is 1090. The van der Waals surface area contributed by atoms with Crippen LogP contribution < -0.4 is 4.90 Å². The van der Waals surface area contributed by atoms with Gasteiger partial charge in [-0.3, -0.25) is 4.98 Å². The average Bonchev–Trinajstić information content (AvgIpc) is 3.06. The van der Waals surface area contributed by atoms with E-state index in [0.29, 0.717) is 5.92 Å². The van der Waals surface area contributed by atoms with Gasteiger partial charge in [0.2, 0.25) is 0 Å². The van der Waals surface area contributed by atoms with Gasteiger partial charge in [-0.1, -0.05) is 29.8 Å². The minimum atomic E-state index is 0.429. The normalized spacial score (nSPS) is 18.8. The van der Waals surface area contributed by atoms with Crippen LogP contribution in [0.4, 0.5) is 5.69 Å². The lowest BCUT2D eigenvalue weighted by atomic mass is 9.89. The molecule has 2 aliphatic rings. The Morgan fingerprint density at radius 3 is 2.45 bits per heavy atom. The SMILES string of the molecule is Cc1cc(N2CCN(C)CC2)c2c(n1)c(C1CCOCC1)c(-c1ccccc1Cl)n2C. The van der Waals surface area contributed by atoms with E-state index < -0.39 is 0 Å². The number of fused-ring (bicyclic) bond motifs is 1. The molecule has 31 heavy (non-hydrogen) atoms. The second-order valence-electron chi connectivity index (χ2n) is 8.96. The number of anilines is 1. The minimum absolute atomic E-state index is 0.429. The Kier molecular flexibility index (Phi) is 5.67. The lowest BCUT2D eigenvalue weighted by molar-refractivity contribution is 0.0856. The molecule has 3 aromatic rings. The molecular formula is C25H31ClN4O. The molecule has 0 unspecified atom stereocenters. The van der Waals surface area contributed by atoms with E-state index in [1.54, 1.807) is 0 Å². The maximum absolute atomic E-state index is 6.73. The fourth-order valence-electron chi connectivity index (χ4n) is 5.21. The third-order valence-corrected chi connectivity index (χ3v) is 7.21. The number of ether oxygens (including phenoxy) is 1. The van der Waals surface area contributed by atoms with Crippen LogP contribution in [-0.2, 0) is 11.8 Å². The second-order valence-corrected chi connectivity index (χ2v) is 9.37. The molecule has 0 saturated carbocycles. The highest BCUT2D eigenvalue weighted by atomic mass is 35.5. The molecule has 2 aliphatic heterocycles. The number of aromatic nitrogens is 2. The van der Waals surface area contributed by atoms with E-state index in [0.717, 1.165) is 74.0 Å². The molecule has 0 spiro atoms. The molecule has 2 aromatic heterocycles. The van der Waals surface area contributed by atoms with Gasteiger partial charge in [-0.25, -0.2) is 0 Å². The first-order valence-corrected chi connectivity index (χ1v) is 11.7. The highest BCUT2D eigenvalue weighted by Crippen LogP contribution is 2.45. The molecule has 0 bridgehead atoms. The van der Waals surface area contributed by atoms with Crippen molar-refractivity contribution in [3.63, 3.8) is 0 Å². The average molecular weight is 439 g/mol. The number of piperazine rings is 1. The van der Waals surface area contributed by atoms with Crippen molar-refractivity contribution in [2.45, 2.75) is 25.7 Å². The van der Waals surface area contributed by atoms with Crippen molar-refractivity contribution in [2.24, 2.45) is 7.05 Å². The van der Waals surface area contributed by atoms with Gasteiger partial charge in [0.15, 0.2) is 0 Å². The standard InChI is InChI=1S/C25H31ClN4O/c1-17-16-21(30-12-10-28(2)11-13-30)25-23(27-17)22(18-8-14-31-15-9-18)24(29(25)3)19-6-4-5-7-20(19)26/h4-7,16,18H,8-15H2,1-3H3. The minimum Gasteiger partial charge on any atom is -0.381 e. The third-order valence-electron chi connectivity index (χ3n) is 6.88. The summed E-state index contributed by atoms with van der Waals surface area (Å²) in [5.41, 5.74) is 8.38. The predicted molar refractivity (Wildman–Crippen MR) is 128 cm³/mol. The Balaban J connectivity index is 1.78. The maximum Gasteiger partial charge on any atom is 0.0946 e. The molecular weight excluding hydrogens is 408 g/mol. The first-order chi connectivity index (χ1) is 15.0. The number of aryl methyl sites for hydroxylation is 2. The fourth-order valence-corrected chi connectivity index (χ4v) is 5.44. The summed E-state index contributed by atoms with van der Waals surface area (Å²) >= 11 is 6.73.